The van der Waals surface area contributed by atoms with Crippen molar-refractivity contribution in [2.45, 2.75) is 19.5 Å². The molecular weight excluding hydrogens is 305 g/mol. The maximum atomic E-state index is 12.6. The highest BCUT2D eigenvalue weighted by atomic mass is 19.4. The molecule has 2 N–H and O–H groups in total. The third-order valence-electron chi connectivity index (χ3n) is 3.00. The molecule has 0 aliphatic heterocycles. The van der Waals surface area contributed by atoms with Crippen LogP contribution < -0.4 is 5.32 Å². The second-order valence-electron chi connectivity index (χ2n) is 4.81. The molecule has 9 heteroatoms. The number of aliphatic hydroxyl groups excluding tert-OH is 1. The minimum absolute atomic E-state index is 0.0672. The molecule has 0 saturated heterocycles. The second kappa shape index (κ2) is 7.21. The number of hydrogen-bond acceptors (Lipinski definition) is 4. The molecule has 122 valence electrons. The predicted molar refractivity (Wildman–Crippen MR) is 71.3 cm³/mol. The Morgan fingerprint density at radius 3 is 2.59 bits per heavy atom. The van der Waals surface area contributed by atoms with Crippen molar-refractivity contribution >= 4 is 11.6 Å². The number of aliphatic hydroxyl groups is 1. The molecule has 1 atom stereocenters. The van der Waals surface area contributed by atoms with E-state index in [2.05, 4.69) is 5.32 Å². The van der Waals surface area contributed by atoms with Crippen molar-refractivity contribution in [3.05, 3.63) is 39.4 Å². The van der Waals surface area contributed by atoms with Crippen LogP contribution in [0, 0.1) is 16.0 Å². The van der Waals surface area contributed by atoms with Crippen molar-refractivity contribution in [2.24, 2.45) is 5.92 Å². The number of halogens is 3. The summed E-state index contributed by atoms with van der Waals surface area (Å²) in [4.78, 5) is 21.7. The molecule has 0 aliphatic rings. The van der Waals surface area contributed by atoms with Gasteiger partial charge in [0, 0.05) is 19.2 Å². The summed E-state index contributed by atoms with van der Waals surface area (Å²) in [7, 11) is 0. The molecule has 0 radical (unpaired) electrons. The van der Waals surface area contributed by atoms with Gasteiger partial charge in [0.25, 0.3) is 11.6 Å². The van der Waals surface area contributed by atoms with Gasteiger partial charge in [-0.3, -0.25) is 14.9 Å². The fourth-order valence-corrected chi connectivity index (χ4v) is 1.74. The molecule has 0 fully saturated rings. The van der Waals surface area contributed by atoms with Crippen molar-refractivity contribution in [3.8, 4) is 0 Å². The molecule has 6 nitrogen and oxygen atoms in total. The Labute approximate surface area is 124 Å². The third-order valence-corrected chi connectivity index (χ3v) is 3.00. The zero-order valence-corrected chi connectivity index (χ0v) is 11.7. The van der Waals surface area contributed by atoms with Crippen molar-refractivity contribution < 1.29 is 28.0 Å². The van der Waals surface area contributed by atoms with Crippen molar-refractivity contribution in [1.82, 2.24) is 5.32 Å². The molecule has 1 amide bonds. The molecule has 0 aliphatic carbocycles. The van der Waals surface area contributed by atoms with Crippen molar-refractivity contribution in [3.63, 3.8) is 0 Å². The third kappa shape index (κ3) is 4.69. The number of nitro benzene ring substituents is 1. The Bertz CT molecular complexity index is 561. The normalized spacial score (nSPS) is 12.8. The van der Waals surface area contributed by atoms with Gasteiger partial charge in [-0.1, -0.05) is 6.92 Å². The van der Waals surface area contributed by atoms with E-state index in [1.54, 1.807) is 6.92 Å². The first-order valence-corrected chi connectivity index (χ1v) is 6.41. The standard InChI is InChI=1S/C13H15F3N2O4/c1-8(4-5-19)7-17-12(20)10-3-2-9(13(14,15)16)6-11(10)18(21)22/h2-3,6,8,19H,4-5,7H2,1H3,(H,17,20). The Balaban J connectivity index is 2.99. The average Bonchev–Trinajstić information content (AvgIpc) is 2.43. The molecule has 22 heavy (non-hydrogen) atoms. The zero-order chi connectivity index (χ0) is 16.9. The molecule has 1 aromatic rings. The Morgan fingerprint density at radius 2 is 2.09 bits per heavy atom. The highest BCUT2D eigenvalue weighted by molar-refractivity contribution is 5.98. The van der Waals surface area contributed by atoms with E-state index in [0.29, 0.717) is 18.6 Å². The number of nitro groups is 1. The van der Waals surface area contributed by atoms with E-state index in [1.165, 1.54) is 0 Å². The highest BCUT2D eigenvalue weighted by Crippen LogP contribution is 2.32. The maximum absolute atomic E-state index is 12.6. The van der Waals surface area contributed by atoms with Crippen molar-refractivity contribution in [1.29, 1.82) is 0 Å². The fraction of sp³-hybridized carbons (Fsp3) is 0.462. The molecule has 1 rings (SSSR count). The first-order valence-electron chi connectivity index (χ1n) is 6.41. The minimum atomic E-state index is -4.73. The Kier molecular flexibility index (Phi) is 5.86. The Morgan fingerprint density at radius 1 is 1.45 bits per heavy atom. The summed E-state index contributed by atoms with van der Waals surface area (Å²) in [6, 6.07) is 1.75. The number of hydrogen-bond donors (Lipinski definition) is 2. The van der Waals surface area contributed by atoms with Crippen LogP contribution in [0.3, 0.4) is 0 Å². The van der Waals surface area contributed by atoms with Gasteiger partial charge >= 0.3 is 6.18 Å². The number of amides is 1. The first kappa shape index (κ1) is 17.9. The minimum Gasteiger partial charge on any atom is -0.396 e. The summed E-state index contributed by atoms with van der Waals surface area (Å²) in [6.45, 7) is 1.83. The summed E-state index contributed by atoms with van der Waals surface area (Å²) in [5.74, 6) is -0.896. The predicted octanol–water partition coefficient (Wildman–Crippen LogP) is 2.36. The Hall–Kier alpha value is -2.16. The van der Waals surface area contributed by atoms with E-state index in [9.17, 15) is 28.1 Å². The summed E-state index contributed by atoms with van der Waals surface area (Å²) in [5, 5.41) is 22.0. The molecular formula is C13H15F3N2O4. The molecule has 0 heterocycles. The average molecular weight is 320 g/mol. The van der Waals surface area contributed by atoms with Crippen LogP contribution in [-0.2, 0) is 6.18 Å². The summed E-state index contributed by atoms with van der Waals surface area (Å²) < 4.78 is 37.7. The number of nitrogens with one attached hydrogen (secondary N) is 1. The summed E-state index contributed by atoms with van der Waals surface area (Å²) in [6.07, 6.45) is -4.30. The van der Waals surface area contributed by atoms with E-state index in [-0.39, 0.29) is 19.1 Å². The summed E-state index contributed by atoms with van der Waals surface area (Å²) in [5.41, 5.74) is -2.53. The zero-order valence-electron chi connectivity index (χ0n) is 11.7. The van der Waals surface area contributed by atoms with Crippen LogP contribution in [0.15, 0.2) is 18.2 Å². The topological polar surface area (TPSA) is 92.5 Å². The molecule has 1 unspecified atom stereocenters. The number of carbonyl (C=O) groups is 1. The van der Waals surface area contributed by atoms with Crippen LogP contribution in [0.1, 0.15) is 29.3 Å². The van der Waals surface area contributed by atoms with E-state index in [1.807, 2.05) is 0 Å². The van der Waals surface area contributed by atoms with E-state index < -0.39 is 33.8 Å². The molecule has 0 aromatic heterocycles. The van der Waals surface area contributed by atoms with Gasteiger partial charge in [0.05, 0.1) is 10.5 Å². The molecule has 0 saturated carbocycles. The largest absolute Gasteiger partial charge is 0.416 e. The quantitative estimate of drug-likeness (QED) is 0.621. The number of rotatable bonds is 6. The van der Waals surface area contributed by atoms with Gasteiger partial charge < -0.3 is 10.4 Å². The van der Waals surface area contributed by atoms with E-state index in [0.717, 1.165) is 6.07 Å². The van der Waals surface area contributed by atoms with E-state index in [4.69, 9.17) is 5.11 Å². The van der Waals surface area contributed by atoms with Gasteiger partial charge in [-0.2, -0.15) is 13.2 Å². The van der Waals surface area contributed by atoms with Gasteiger partial charge in [-0.15, -0.1) is 0 Å². The van der Waals surface area contributed by atoms with Crippen LogP contribution in [-0.4, -0.2) is 29.1 Å². The van der Waals surface area contributed by atoms with Gasteiger partial charge in [0.1, 0.15) is 5.56 Å². The summed E-state index contributed by atoms with van der Waals surface area (Å²) >= 11 is 0. The smallest absolute Gasteiger partial charge is 0.396 e. The monoisotopic (exact) mass is 320 g/mol. The number of nitrogens with zero attached hydrogens (tertiary/aromatic N) is 1. The van der Waals surface area contributed by atoms with Gasteiger partial charge in [0.15, 0.2) is 0 Å². The maximum Gasteiger partial charge on any atom is 0.416 e. The molecule has 1 aromatic carbocycles. The van der Waals surface area contributed by atoms with Crippen LogP contribution >= 0.6 is 0 Å². The van der Waals surface area contributed by atoms with Crippen LogP contribution in [0.25, 0.3) is 0 Å². The fourth-order valence-electron chi connectivity index (χ4n) is 1.74. The van der Waals surface area contributed by atoms with E-state index >= 15 is 0 Å². The lowest BCUT2D eigenvalue weighted by atomic mass is 10.1. The number of alkyl halides is 3. The lowest BCUT2D eigenvalue weighted by Gasteiger charge is -2.12. The lowest BCUT2D eigenvalue weighted by molar-refractivity contribution is -0.385. The number of benzene rings is 1. The second-order valence-corrected chi connectivity index (χ2v) is 4.81. The van der Waals surface area contributed by atoms with Crippen LogP contribution in [0.4, 0.5) is 18.9 Å². The highest BCUT2D eigenvalue weighted by Gasteiger charge is 2.34. The lowest BCUT2D eigenvalue weighted by Crippen LogP contribution is -2.29. The van der Waals surface area contributed by atoms with Gasteiger partial charge in [-0.05, 0) is 24.5 Å². The van der Waals surface area contributed by atoms with Crippen LogP contribution in [0.5, 0.6) is 0 Å². The van der Waals surface area contributed by atoms with Gasteiger partial charge in [-0.25, -0.2) is 0 Å². The molecule has 0 spiro atoms. The SMILES string of the molecule is CC(CCO)CNC(=O)c1ccc(C(F)(F)F)cc1[N+](=O)[O-]. The number of carbonyl (C=O) groups excluding carboxylic acids is 1. The van der Waals surface area contributed by atoms with Crippen LogP contribution in [0.2, 0.25) is 0 Å². The van der Waals surface area contributed by atoms with Crippen molar-refractivity contribution in [2.75, 3.05) is 13.2 Å². The first-order chi connectivity index (χ1) is 10.2. The molecule has 0 bridgehead atoms. The van der Waals surface area contributed by atoms with Gasteiger partial charge in [0.2, 0.25) is 0 Å².